The molecule has 1 saturated carbocycles. The highest BCUT2D eigenvalue weighted by molar-refractivity contribution is 9.10. The van der Waals surface area contributed by atoms with Crippen molar-refractivity contribution in [3.05, 3.63) is 0 Å². The summed E-state index contributed by atoms with van der Waals surface area (Å²) in [6, 6.07) is 0. The average Bonchev–Trinajstić information content (AvgIpc) is 2.52. The highest BCUT2D eigenvalue weighted by Gasteiger charge is 2.24. The normalized spacial score (nSPS) is 30.3. The Hall–Kier alpha value is 0.460. The van der Waals surface area contributed by atoms with E-state index in [1.165, 1.54) is 64.2 Å². The third-order valence-corrected chi connectivity index (χ3v) is 6.49. The smallest absolute Gasteiger partial charge is 0.133 e. The van der Waals surface area contributed by atoms with Crippen LogP contribution in [0.2, 0.25) is 0 Å². The molecule has 0 radical (unpaired) electrons. The first-order chi connectivity index (χ1) is 11.0. The molecule has 0 aromatic heterocycles. The highest BCUT2D eigenvalue weighted by Crippen LogP contribution is 2.34. The summed E-state index contributed by atoms with van der Waals surface area (Å²) in [7, 11) is 0. The fourth-order valence-corrected chi connectivity index (χ4v) is 4.96. The number of nitrogens with zero attached hydrogens (tertiary/aromatic N) is 1. The molecule has 1 fully saturated rings. The van der Waals surface area contributed by atoms with Crippen LogP contribution in [0.25, 0.3) is 0 Å². The minimum absolute atomic E-state index is 0.197. The van der Waals surface area contributed by atoms with Gasteiger partial charge in [0.15, 0.2) is 0 Å². The van der Waals surface area contributed by atoms with Crippen LogP contribution in [-0.4, -0.2) is 20.8 Å². The van der Waals surface area contributed by atoms with E-state index in [1.54, 1.807) is 0 Å². The molecule has 0 bridgehead atoms. The second kappa shape index (κ2) is 12.8. The summed E-state index contributed by atoms with van der Waals surface area (Å²) in [5.41, 5.74) is 0. The fourth-order valence-electron chi connectivity index (χ4n) is 3.31. The van der Waals surface area contributed by atoms with E-state index in [0.29, 0.717) is 11.7 Å². The molecule has 0 spiro atoms. The molecule has 0 aromatic rings. The fraction of sp³-hybridized carbons (Fsp3) is 0.947. The molecule has 0 saturated heterocycles. The third kappa shape index (κ3) is 11.6. The maximum atomic E-state index is 11.9. The maximum Gasteiger partial charge on any atom is 0.133 e. The molecule has 136 valence electrons. The second-order valence-electron chi connectivity index (χ2n) is 7.38. The van der Waals surface area contributed by atoms with Gasteiger partial charge in [-0.3, -0.25) is 0 Å². The Morgan fingerprint density at radius 1 is 1.13 bits per heavy atom. The van der Waals surface area contributed by atoms with Gasteiger partial charge in [0.2, 0.25) is 0 Å². The van der Waals surface area contributed by atoms with Gasteiger partial charge < -0.3 is 4.55 Å². The standard InChI is InChI=1S/C19H36BrNOS/c1-3-4-15-23(22)21-17-18-13-11-9-7-5-6-8-10-12-14-19(2,20)16-18/h17-18H,3-16H2,1-2H3/b21-17-/t18?,19?,23-/m0/s1. The Bertz CT molecular complexity index is 322. The van der Waals surface area contributed by atoms with Crippen molar-refractivity contribution in [3.8, 4) is 0 Å². The van der Waals surface area contributed by atoms with Crippen LogP contribution >= 0.6 is 15.9 Å². The van der Waals surface area contributed by atoms with E-state index in [0.717, 1.165) is 19.3 Å². The molecule has 0 amide bonds. The molecule has 0 N–H and O–H groups in total. The van der Waals surface area contributed by atoms with Crippen LogP contribution in [0.3, 0.4) is 0 Å². The first-order valence-electron chi connectivity index (χ1n) is 9.65. The zero-order valence-corrected chi connectivity index (χ0v) is 17.6. The molecule has 1 aliphatic carbocycles. The van der Waals surface area contributed by atoms with Gasteiger partial charge in [-0.2, -0.15) is 0 Å². The molecule has 0 heterocycles. The lowest BCUT2D eigenvalue weighted by Crippen LogP contribution is -2.22. The number of rotatable bonds is 5. The van der Waals surface area contributed by atoms with Crippen LogP contribution in [0, 0.1) is 5.92 Å². The predicted octanol–water partition coefficient (Wildman–Crippen LogP) is 6.60. The van der Waals surface area contributed by atoms with Crippen molar-refractivity contribution >= 4 is 33.5 Å². The van der Waals surface area contributed by atoms with Crippen molar-refractivity contribution in [2.75, 3.05) is 5.75 Å². The lowest BCUT2D eigenvalue weighted by molar-refractivity contribution is 0.444. The van der Waals surface area contributed by atoms with E-state index in [9.17, 15) is 4.55 Å². The molecule has 2 nitrogen and oxygen atoms in total. The van der Waals surface area contributed by atoms with E-state index in [-0.39, 0.29) is 4.32 Å². The summed E-state index contributed by atoms with van der Waals surface area (Å²) >= 11 is 2.93. The molecule has 0 aliphatic heterocycles. The van der Waals surface area contributed by atoms with E-state index < -0.39 is 11.4 Å². The first-order valence-corrected chi connectivity index (χ1v) is 11.7. The van der Waals surface area contributed by atoms with Crippen LogP contribution in [0.4, 0.5) is 0 Å². The third-order valence-electron chi connectivity index (χ3n) is 4.77. The molecular formula is C19H36BrNOS. The van der Waals surface area contributed by atoms with E-state index >= 15 is 0 Å². The van der Waals surface area contributed by atoms with Crippen LogP contribution < -0.4 is 0 Å². The van der Waals surface area contributed by atoms with Crippen LogP contribution in [0.15, 0.2) is 4.40 Å². The van der Waals surface area contributed by atoms with Crippen molar-refractivity contribution in [1.29, 1.82) is 0 Å². The molecule has 23 heavy (non-hydrogen) atoms. The lowest BCUT2D eigenvalue weighted by atomic mass is 9.89. The number of unbranched alkanes of at least 4 members (excludes halogenated alkanes) is 1. The van der Waals surface area contributed by atoms with Gasteiger partial charge >= 0.3 is 0 Å². The maximum absolute atomic E-state index is 11.9. The Morgan fingerprint density at radius 3 is 2.39 bits per heavy atom. The van der Waals surface area contributed by atoms with Gasteiger partial charge in [0.05, 0.1) is 17.6 Å². The topological polar surface area (TPSA) is 35.4 Å². The molecule has 0 aromatic carbocycles. The molecule has 4 heteroatoms. The van der Waals surface area contributed by atoms with Crippen molar-refractivity contribution in [3.63, 3.8) is 0 Å². The lowest BCUT2D eigenvalue weighted by Gasteiger charge is -2.26. The van der Waals surface area contributed by atoms with E-state index in [1.807, 2.05) is 6.21 Å². The van der Waals surface area contributed by atoms with Crippen molar-refractivity contribution in [2.24, 2.45) is 10.3 Å². The summed E-state index contributed by atoms with van der Waals surface area (Å²) in [4.78, 5) is 0. The zero-order chi connectivity index (χ0) is 17.0. The van der Waals surface area contributed by atoms with Gasteiger partial charge in [0, 0.05) is 10.2 Å². The minimum Gasteiger partial charge on any atom is -0.591 e. The monoisotopic (exact) mass is 405 g/mol. The number of alkyl halides is 1. The summed E-state index contributed by atoms with van der Waals surface area (Å²) in [6.45, 7) is 4.45. The number of hydrogen-bond donors (Lipinski definition) is 0. The van der Waals surface area contributed by atoms with E-state index in [4.69, 9.17) is 0 Å². The summed E-state index contributed by atoms with van der Waals surface area (Å²) in [5.74, 6) is 1.18. The molecule has 2 unspecified atom stereocenters. The number of halogens is 1. The van der Waals surface area contributed by atoms with Crippen molar-refractivity contribution in [1.82, 2.24) is 0 Å². The van der Waals surface area contributed by atoms with E-state index in [2.05, 4.69) is 34.2 Å². The largest absolute Gasteiger partial charge is 0.591 e. The van der Waals surface area contributed by atoms with Gasteiger partial charge in [0.1, 0.15) is 5.75 Å². The molecule has 3 atom stereocenters. The van der Waals surface area contributed by atoms with Gasteiger partial charge in [-0.15, -0.1) is 0 Å². The summed E-state index contributed by atoms with van der Waals surface area (Å²) in [5, 5.41) is 0. The van der Waals surface area contributed by atoms with Gasteiger partial charge in [0.25, 0.3) is 0 Å². The average molecular weight is 406 g/mol. The Kier molecular flexibility index (Phi) is 11.9. The van der Waals surface area contributed by atoms with Gasteiger partial charge in [-0.25, -0.2) is 0 Å². The number of hydrogen-bond acceptors (Lipinski definition) is 2. The van der Waals surface area contributed by atoms with Crippen LogP contribution in [0.5, 0.6) is 0 Å². The van der Waals surface area contributed by atoms with Gasteiger partial charge in [-0.1, -0.05) is 85.0 Å². The summed E-state index contributed by atoms with van der Waals surface area (Å²) < 4.78 is 16.5. The first kappa shape index (κ1) is 21.5. The SMILES string of the molecule is CCCC[S@+]([O-])/N=C\C1CCCCCCCCCCC(C)(Br)C1. The van der Waals surface area contributed by atoms with Crippen LogP contribution in [-0.2, 0) is 11.4 Å². The molecular weight excluding hydrogens is 370 g/mol. The minimum atomic E-state index is -1.02. The zero-order valence-electron chi connectivity index (χ0n) is 15.2. The second-order valence-corrected chi connectivity index (χ2v) is 10.6. The van der Waals surface area contributed by atoms with Crippen molar-refractivity contribution < 1.29 is 4.55 Å². The Labute approximate surface area is 155 Å². The molecule has 1 aliphatic rings. The van der Waals surface area contributed by atoms with Crippen LogP contribution in [0.1, 0.15) is 97.3 Å². The Morgan fingerprint density at radius 2 is 1.74 bits per heavy atom. The Balaban J connectivity index is 2.56. The van der Waals surface area contributed by atoms with Crippen molar-refractivity contribution in [2.45, 2.75) is 102 Å². The quantitative estimate of drug-likeness (QED) is 0.288. The summed E-state index contributed by atoms with van der Waals surface area (Å²) in [6.07, 6.45) is 18.5. The predicted molar refractivity (Wildman–Crippen MR) is 108 cm³/mol. The van der Waals surface area contributed by atoms with Gasteiger partial charge in [-0.05, 0) is 32.6 Å². The highest BCUT2D eigenvalue weighted by atomic mass is 79.9. The molecule has 1 rings (SSSR count).